The van der Waals surface area contributed by atoms with E-state index in [1.807, 2.05) is 0 Å². The summed E-state index contributed by atoms with van der Waals surface area (Å²) in [5.74, 6) is -0.266. The van der Waals surface area contributed by atoms with Gasteiger partial charge in [-0.1, -0.05) is 0 Å². The van der Waals surface area contributed by atoms with Gasteiger partial charge < -0.3 is 5.32 Å². The molecule has 0 bridgehead atoms. The topological polar surface area (TPSA) is 46.9 Å². The molecule has 0 radical (unpaired) electrons. The zero-order chi connectivity index (χ0) is 19.0. The quantitative estimate of drug-likeness (QED) is 0.823. The summed E-state index contributed by atoms with van der Waals surface area (Å²) in [6.45, 7) is 3.08. The molecule has 136 valence electrons. The highest BCUT2D eigenvalue weighted by Crippen LogP contribution is 2.39. The maximum atomic E-state index is 13.1. The zero-order valence-electron chi connectivity index (χ0n) is 13.1. The summed E-state index contributed by atoms with van der Waals surface area (Å²) in [5, 5.41) is 2.22. The Kier molecular flexibility index (Phi) is 4.83. The van der Waals surface area contributed by atoms with Crippen molar-refractivity contribution < 1.29 is 26.3 Å². The molecule has 0 atom stereocenters. The van der Waals surface area contributed by atoms with Crippen molar-refractivity contribution in [1.29, 1.82) is 0 Å². The highest BCUT2D eigenvalue weighted by molar-refractivity contribution is 5.61. The summed E-state index contributed by atoms with van der Waals surface area (Å²) in [4.78, 5) is 15.8. The van der Waals surface area contributed by atoms with Gasteiger partial charge in [0.05, 0.1) is 16.8 Å². The van der Waals surface area contributed by atoms with Crippen LogP contribution in [0, 0.1) is 6.92 Å². The molecule has 0 unspecified atom stereocenters. The third-order valence-electron chi connectivity index (χ3n) is 3.35. The number of halogens is 6. The Hall–Kier alpha value is -2.52. The molecule has 0 aliphatic carbocycles. The monoisotopic (exact) mass is 365 g/mol. The Morgan fingerprint density at radius 2 is 1.72 bits per heavy atom. The second-order valence-corrected chi connectivity index (χ2v) is 5.18. The van der Waals surface area contributed by atoms with Gasteiger partial charge in [0.1, 0.15) is 0 Å². The second-order valence-electron chi connectivity index (χ2n) is 5.18. The van der Waals surface area contributed by atoms with E-state index in [1.165, 1.54) is 13.0 Å². The smallest absolute Gasteiger partial charge is 0.325 e. The lowest BCUT2D eigenvalue weighted by molar-refractivity contribution is -0.140. The largest absolute Gasteiger partial charge is 0.418 e. The first-order chi connectivity index (χ1) is 11.4. The van der Waals surface area contributed by atoms with Crippen molar-refractivity contribution in [3.05, 3.63) is 51.4 Å². The van der Waals surface area contributed by atoms with Gasteiger partial charge in [0.2, 0.25) is 5.95 Å². The van der Waals surface area contributed by atoms with Crippen LogP contribution < -0.4 is 10.9 Å². The van der Waals surface area contributed by atoms with Gasteiger partial charge in [-0.15, -0.1) is 0 Å². The average molecular weight is 365 g/mol. The molecule has 0 aliphatic rings. The highest BCUT2D eigenvalue weighted by atomic mass is 19.4. The molecule has 1 N–H and O–H groups in total. The predicted molar refractivity (Wildman–Crippen MR) is 78.6 cm³/mol. The summed E-state index contributed by atoms with van der Waals surface area (Å²) in [7, 11) is 0. The van der Waals surface area contributed by atoms with Crippen LogP contribution >= 0.6 is 0 Å². The second kappa shape index (κ2) is 6.41. The third kappa shape index (κ3) is 4.12. The van der Waals surface area contributed by atoms with E-state index in [9.17, 15) is 31.1 Å². The molecule has 0 saturated heterocycles. The minimum atomic E-state index is -4.88. The Morgan fingerprint density at radius 3 is 2.24 bits per heavy atom. The number of aryl methyl sites for hydroxylation is 1. The first kappa shape index (κ1) is 18.8. The molecule has 25 heavy (non-hydrogen) atoms. The number of hydrogen-bond donors (Lipinski definition) is 1. The van der Waals surface area contributed by atoms with Crippen LogP contribution in [0.1, 0.15) is 23.7 Å². The van der Waals surface area contributed by atoms with E-state index < -0.39 is 34.7 Å². The minimum absolute atomic E-state index is 0.0781. The Labute approximate surface area is 138 Å². The maximum absolute atomic E-state index is 13.1. The number of nitrogens with one attached hydrogen (secondary N) is 1. The molecule has 0 spiro atoms. The molecule has 0 saturated carbocycles. The molecule has 1 aromatic heterocycles. The fourth-order valence-electron chi connectivity index (χ4n) is 2.21. The first-order valence-corrected chi connectivity index (χ1v) is 7.07. The fraction of sp³-hybridized carbons (Fsp3) is 0.333. The van der Waals surface area contributed by atoms with Crippen LogP contribution in [0.25, 0.3) is 0 Å². The third-order valence-corrected chi connectivity index (χ3v) is 3.35. The molecule has 2 rings (SSSR count). The molecule has 0 fully saturated rings. The number of benzene rings is 1. The van der Waals surface area contributed by atoms with Gasteiger partial charge in [0.15, 0.2) is 0 Å². The van der Waals surface area contributed by atoms with Crippen LogP contribution in [0.5, 0.6) is 0 Å². The van der Waals surface area contributed by atoms with Crippen LogP contribution in [0.3, 0.4) is 0 Å². The van der Waals surface area contributed by atoms with Crippen molar-refractivity contribution in [2.75, 3.05) is 5.32 Å². The van der Waals surface area contributed by atoms with Crippen LogP contribution in [-0.4, -0.2) is 9.55 Å². The summed E-state index contributed by atoms with van der Waals surface area (Å²) < 4.78 is 78.8. The molecular formula is C15H13F6N3O. The molecule has 0 aliphatic heterocycles. The Bertz CT molecular complexity index is 839. The van der Waals surface area contributed by atoms with E-state index in [-0.39, 0.29) is 18.2 Å². The molecule has 4 nitrogen and oxygen atoms in total. The number of hydrogen-bond acceptors (Lipinski definition) is 3. The van der Waals surface area contributed by atoms with Crippen LogP contribution in [0.4, 0.5) is 38.0 Å². The summed E-state index contributed by atoms with van der Waals surface area (Å²) >= 11 is 0. The van der Waals surface area contributed by atoms with Gasteiger partial charge >= 0.3 is 12.4 Å². The number of rotatable bonds is 3. The summed E-state index contributed by atoms with van der Waals surface area (Å²) in [6.07, 6.45) is -9.70. The van der Waals surface area contributed by atoms with Crippen molar-refractivity contribution >= 4 is 11.6 Å². The zero-order valence-corrected chi connectivity index (χ0v) is 13.1. The Balaban J connectivity index is 2.64. The number of anilines is 2. The van der Waals surface area contributed by atoms with Gasteiger partial charge in [0.25, 0.3) is 5.56 Å². The van der Waals surface area contributed by atoms with E-state index in [4.69, 9.17) is 0 Å². The van der Waals surface area contributed by atoms with Crippen molar-refractivity contribution in [3.63, 3.8) is 0 Å². The van der Waals surface area contributed by atoms with E-state index in [1.54, 1.807) is 6.92 Å². The highest BCUT2D eigenvalue weighted by Gasteiger charge is 2.37. The van der Waals surface area contributed by atoms with Crippen LogP contribution in [-0.2, 0) is 18.9 Å². The Morgan fingerprint density at radius 1 is 1.08 bits per heavy atom. The maximum Gasteiger partial charge on any atom is 0.418 e. The van der Waals surface area contributed by atoms with Crippen molar-refractivity contribution in [3.8, 4) is 0 Å². The molecule has 1 heterocycles. The minimum Gasteiger partial charge on any atom is -0.325 e. The lowest BCUT2D eigenvalue weighted by Gasteiger charge is -2.18. The van der Waals surface area contributed by atoms with Crippen molar-refractivity contribution in [1.82, 2.24) is 9.55 Å². The van der Waals surface area contributed by atoms with Gasteiger partial charge in [-0.05, 0) is 32.0 Å². The number of aromatic nitrogens is 2. The molecular weight excluding hydrogens is 352 g/mol. The first-order valence-electron chi connectivity index (χ1n) is 7.07. The van der Waals surface area contributed by atoms with Gasteiger partial charge in [-0.2, -0.15) is 26.3 Å². The number of nitrogens with zero attached hydrogens (tertiary/aromatic N) is 2. The summed E-state index contributed by atoms with van der Waals surface area (Å²) in [6, 6.07) is 2.21. The standard InChI is InChI=1S/C15H13F6N3O/c1-3-24-12(25)6-8(2)22-13(24)23-11-7-9(14(16,17)18)4-5-10(11)15(19,20)21/h4-7H,3H2,1-2H3,(H,22,23). The predicted octanol–water partition coefficient (Wildman–Crippen LogP) is 4.35. The van der Waals surface area contributed by atoms with Crippen LogP contribution in [0.2, 0.25) is 0 Å². The van der Waals surface area contributed by atoms with E-state index in [2.05, 4.69) is 10.3 Å². The number of alkyl halides is 6. The van der Waals surface area contributed by atoms with E-state index in [0.717, 1.165) is 4.57 Å². The lowest BCUT2D eigenvalue weighted by Crippen LogP contribution is -2.24. The lowest BCUT2D eigenvalue weighted by atomic mass is 10.1. The van der Waals surface area contributed by atoms with Gasteiger partial charge in [-0.3, -0.25) is 9.36 Å². The molecule has 1 aromatic carbocycles. The normalized spacial score (nSPS) is 12.3. The van der Waals surface area contributed by atoms with Crippen molar-refractivity contribution in [2.45, 2.75) is 32.7 Å². The molecule has 10 heteroatoms. The van der Waals surface area contributed by atoms with E-state index in [0.29, 0.717) is 18.2 Å². The van der Waals surface area contributed by atoms with E-state index >= 15 is 0 Å². The fourth-order valence-corrected chi connectivity index (χ4v) is 2.21. The van der Waals surface area contributed by atoms with Gasteiger partial charge in [-0.25, -0.2) is 4.98 Å². The van der Waals surface area contributed by atoms with Gasteiger partial charge in [0, 0.05) is 18.3 Å². The van der Waals surface area contributed by atoms with Crippen molar-refractivity contribution in [2.24, 2.45) is 0 Å². The summed E-state index contributed by atoms with van der Waals surface area (Å²) in [5.41, 5.74) is -3.68. The van der Waals surface area contributed by atoms with Crippen LogP contribution in [0.15, 0.2) is 29.1 Å². The molecule has 2 aromatic rings. The SMILES string of the molecule is CCn1c(Nc2cc(C(F)(F)F)ccc2C(F)(F)F)nc(C)cc1=O. The molecule has 0 amide bonds. The average Bonchev–Trinajstić information content (AvgIpc) is 2.44.